The molecule has 76 valence electrons. The first-order valence-corrected chi connectivity index (χ1v) is 4.62. The summed E-state index contributed by atoms with van der Waals surface area (Å²) in [5, 5.41) is 0. The third-order valence-corrected chi connectivity index (χ3v) is 2.23. The second-order valence-electron chi connectivity index (χ2n) is 3.12. The van der Waals surface area contributed by atoms with Gasteiger partial charge < -0.3 is 9.30 Å². The number of rotatable bonds is 3. The van der Waals surface area contributed by atoms with Gasteiger partial charge in [0.15, 0.2) is 6.29 Å². The zero-order valence-electron chi connectivity index (χ0n) is 8.38. The Kier molecular flexibility index (Phi) is 2.54. The van der Waals surface area contributed by atoms with E-state index in [9.17, 15) is 4.79 Å². The molecule has 2 rings (SSSR count). The van der Waals surface area contributed by atoms with Crippen LogP contribution in [0.3, 0.4) is 0 Å². The summed E-state index contributed by atoms with van der Waals surface area (Å²) in [6.45, 7) is 0. The molecule has 15 heavy (non-hydrogen) atoms. The van der Waals surface area contributed by atoms with Crippen molar-refractivity contribution in [3.8, 4) is 11.4 Å². The van der Waals surface area contributed by atoms with E-state index in [2.05, 4.69) is 0 Å². The Balaban J connectivity index is 2.48. The lowest BCUT2D eigenvalue weighted by Crippen LogP contribution is -1.97. The van der Waals surface area contributed by atoms with Crippen molar-refractivity contribution in [1.82, 2.24) is 4.57 Å². The van der Waals surface area contributed by atoms with Crippen molar-refractivity contribution < 1.29 is 9.53 Å². The summed E-state index contributed by atoms with van der Waals surface area (Å²) in [5.41, 5.74) is 1.55. The lowest BCUT2D eigenvalue weighted by molar-refractivity contribution is 0.111. The van der Waals surface area contributed by atoms with Crippen molar-refractivity contribution in [2.45, 2.75) is 0 Å². The number of hydrogen-bond acceptors (Lipinski definition) is 2. The first-order chi connectivity index (χ1) is 7.35. The van der Waals surface area contributed by atoms with Gasteiger partial charge in [-0.05, 0) is 24.3 Å². The van der Waals surface area contributed by atoms with Crippen LogP contribution in [0.5, 0.6) is 5.75 Å². The minimum absolute atomic E-state index is 0.628. The van der Waals surface area contributed by atoms with E-state index in [-0.39, 0.29) is 0 Å². The first-order valence-electron chi connectivity index (χ1n) is 4.62. The maximum absolute atomic E-state index is 10.8. The van der Waals surface area contributed by atoms with E-state index in [0.29, 0.717) is 5.69 Å². The van der Waals surface area contributed by atoms with Crippen LogP contribution in [-0.2, 0) is 0 Å². The second kappa shape index (κ2) is 4.00. The molecule has 1 aromatic heterocycles. The molecule has 3 nitrogen and oxygen atoms in total. The normalized spacial score (nSPS) is 9.93. The highest BCUT2D eigenvalue weighted by Gasteiger charge is 2.02. The van der Waals surface area contributed by atoms with E-state index in [1.165, 1.54) is 0 Å². The van der Waals surface area contributed by atoms with Gasteiger partial charge in [0, 0.05) is 18.0 Å². The van der Waals surface area contributed by atoms with Crippen LogP contribution in [0, 0.1) is 0 Å². The highest BCUT2D eigenvalue weighted by molar-refractivity contribution is 5.73. The minimum atomic E-state index is 0.628. The number of nitrogens with zero attached hydrogens (tertiary/aromatic N) is 1. The van der Waals surface area contributed by atoms with Crippen molar-refractivity contribution in [2.75, 3.05) is 7.11 Å². The smallest absolute Gasteiger partial charge is 0.166 e. The molecule has 0 N–H and O–H groups in total. The molecule has 0 saturated carbocycles. The lowest BCUT2D eigenvalue weighted by atomic mass is 10.3. The molecule has 0 spiro atoms. The number of carbonyl (C=O) groups is 1. The van der Waals surface area contributed by atoms with Gasteiger partial charge >= 0.3 is 0 Å². The fraction of sp³-hybridized carbons (Fsp3) is 0.0833. The maximum Gasteiger partial charge on any atom is 0.166 e. The Labute approximate surface area is 87.9 Å². The van der Waals surface area contributed by atoms with Crippen molar-refractivity contribution in [1.29, 1.82) is 0 Å². The molecule has 1 heterocycles. The van der Waals surface area contributed by atoms with Gasteiger partial charge in [0.25, 0.3) is 0 Å². The van der Waals surface area contributed by atoms with Crippen molar-refractivity contribution in [3.05, 3.63) is 48.3 Å². The fourth-order valence-electron chi connectivity index (χ4n) is 1.49. The van der Waals surface area contributed by atoms with Gasteiger partial charge in [-0.2, -0.15) is 0 Å². The van der Waals surface area contributed by atoms with Crippen LogP contribution in [0.15, 0.2) is 42.6 Å². The Hall–Kier alpha value is -2.03. The summed E-state index contributed by atoms with van der Waals surface area (Å²) in [7, 11) is 1.62. The molecule has 3 heteroatoms. The number of benzene rings is 1. The predicted molar refractivity (Wildman–Crippen MR) is 57.7 cm³/mol. The SMILES string of the molecule is COc1cccc(-n2cccc2C=O)c1. The summed E-state index contributed by atoms with van der Waals surface area (Å²) in [4.78, 5) is 10.8. The number of ether oxygens (including phenoxy) is 1. The number of aldehydes is 1. The highest BCUT2D eigenvalue weighted by atomic mass is 16.5. The van der Waals surface area contributed by atoms with Crippen LogP contribution in [-0.4, -0.2) is 18.0 Å². The topological polar surface area (TPSA) is 31.2 Å². The van der Waals surface area contributed by atoms with Crippen LogP contribution in [0.25, 0.3) is 5.69 Å². The largest absolute Gasteiger partial charge is 0.497 e. The minimum Gasteiger partial charge on any atom is -0.497 e. The Morgan fingerprint density at radius 1 is 1.27 bits per heavy atom. The third kappa shape index (κ3) is 1.76. The fourth-order valence-corrected chi connectivity index (χ4v) is 1.49. The molecule has 1 aromatic carbocycles. The van der Waals surface area contributed by atoms with Gasteiger partial charge in [0.1, 0.15) is 5.75 Å². The van der Waals surface area contributed by atoms with E-state index in [1.54, 1.807) is 13.2 Å². The zero-order chi connectivity index (χ0) is 10.7. The van der Waals surface area contributed by atoms with E-state index in [0.717, 1.165) is 17.7 Å². The zero-order valence-corrected chi connectivity index (χ0v) is 8.38. The molecule has 0 aliphatic rings. The van der Waals surface area contributed by atoms with E-state index in [4.69, 9.17) is 4.74 Å². The van der Waals surface area contributed by atoms with Gasteiger partial charge in [-0.15, -0.1) is 0 Å². The van der Waals surface area contributed by atoms with Crippen LogP contribution in [0.4, 0.5) is 0 Å². The molecule has 0 amide bonds. The Morgan fingerprint density at radius 2 is 2.13 bits per heavy atom. The molecule has 2 aromatic rings. The molecule has 0 fully saturated rings. The second-order valence-corrected chi connectivity index (χ2v) is 3.12. The van der Waals surface area contributed by atoms with Crippen LogP contribution in [0.2, 0.25) is 0 Å². The van der Waals surface area contributed by atoms with E-state index in [1.807, 2.05) is 41.1 Å². The van der Waals surface area contributed by atoms with Gasteiger partial charge in [-0.3, -0.25) is 4.79 Å². The molecule has 0 aliphatic carbocycles. The molecule has 0 bridgehead atoms. The predicted octanol–water partition coefficient (Wildman–Crippen LogP) is 2.30. The third-order valence-electron chi connectivity index (χ3n) is 2.23. The van der Waals surface area contributed by atoms with Crippen LogP contribution >= 0.6 is 0 Å². The first kappa shape index (κ1) is 9.52. The number of aromatic nitrogens is 1. The molecular weight excluding hydrogens is 190 g/mol. The summed E-state index contributed by atoms with van der Waals surface area (Å²) >= 11 is 0. The van der Waals surface area contributed by atoms with Crippen molar-refractivity contribution in [3.63, 3.8) is 0 Å². The van der Waals surface area contributed by atoms with Crippen LogP contribution < -0.4 is 4.74 Å². The molecule has 0 saturated heterocycles. The van der Waals surface area contributed by atoms with Gasteiger partial charge in [-0.1, -0.05) is 6.07 Å². The van der Waals surface area contributed by atoms with Crippen molar-refractivity contribution in [2.24, 2.45) is 0 Å². The summed E-state index contributed by atoms with van der Waals surface area (Å²) < 4.78 is 6.94. The molecule has 0 atom stereocenters. The van der Waals surface area contributed by atoms with Gasteiger partial charge in [0.2, 0.25) is 0 Å². The quantitative estimate of drug-likeness (QED) is 0.713. The highest BCUT2D eigenvalue weighted by Crippen LogP contribution is 2.17. The van der Waals surface area contributed by atoms with Crippen molar-refractivity contribution >= 4 is 6.29 Å². The summed E-state index contributed by atoms with van der Waals surface area (Å²) in [5.74, 6) is 0.776. The molecule has 0 unspecified atom stereocenters. The van der Waals surface area contributed by atoms with E-state index >= 15 is 0 Å². The number of methoxy groups -OCH3 is 1. The molecule has 0 radical (unpaired) electrons. The number of carbonyl (C=O) groups excluding carboxylic acids is 1. The lowest BCUT2D eigenvalue weighted by Gasteiger charge is -2.07. The molecular formula is C12H11NO2. The standard InChI is InChI=1S/C12H11NO2/c1-15-12-6-2-4-10(8-12)13-7-3-5-11(13)9-14/h2-9H,1H3. The average molecular weight is 201 g/mol. The average Bonchev–Trinajstić information content (AvgIpc) is 2.77. The molecule has 0 aliphatic heterocycles. The summed E-state index contributed by atoms with van der Waals surface area (Å²) in [6.07, 6.45) is 2.68. The van der Waals surface area contributed by atoms with E-state index < -0.39 is 0 Å². The van der Waals surface area contributed by atoms with Crippen LogP contribution in [0.1, 0.15) is 10.5 Å². The monoisotopic (exact) mass is 201 g/mol. The maximum atomic E-state index is 10.8. The Bertz CT molecular complexity index is 474. The van der Waals surface area contributed by atoms with Gasteiger partial charge in [-0.25, -0.2) is 0 Å². The Morgan fingerprint density at radius 3 is 2.87 bits per heavy atom. The van der Waals surface area contributed by atoms with Gasteiger partial charge in [0.05, 0.1) is 12.8 Å². The summed E-state index contributed by atoms with van der Waals surface area (Å²) in [6, 6.07) is 11.2. The number of hydrogen-bond donors (Lipinski definition) is 0.